The number of amides is 1. The second-order valence-electron chi connectivity index (χ2n) is 8.52. The summed E-state index contributed by atoms with van der Waals surface area (Å²) in [6.07, 6.45) is 3.48. The van der Waals surface area contributed by atoms with Gasteiger partial charge in [-0.3, -0.25) is 9.10 Å². The summed E-state index contributed by atoms with van der Waals surface area (Å²) in [6, 6.07) is 19.7. The van der Waals surface area contributed by atoms with Crippen molar-refractivity contribution in [3.63, 3.8) is 0 Å². The predicted octanol–water partition coefficient (Wildman–Crippen LogP) is 3.58. The molecule has 1 fully saturated rings. The molecule has 0 unspecified atom stereocenters. The maximum Gasteiger partial charge on any atom is 0.232 e. The number of thioether (sulfide) groups is 1. The zero-order valence-corrected chi connectivity index (χ0v) is 22.7. The van der Waals surface area contributed by atoms with E-state index in [9.17, 15) is 8.42 Å². The smallest absolute Gasteiger partial charge is 0.232 e. The van der Waals surface area contributed by atoms with Crippen molar-refractivity contribution in [1.29, 1.82) is 5.26 Å². The number of nitrogens with two attached hydrogens (primary N) is 1. The van der Waals surface area contributed by atoms with Crippen LogP contribution in [0.4, 0.5) is 11.6 Å². The molecule has 0 atom stereocenters. The number of nitrogens with zero attached hydrogens (tertiary/aromatic N) is 5. The number of hydrogen-bond acceptors (Lipinski definition) is 8. The normalized spacial score (nSPS) is 13.7. The average Bonchev–Trinajstić information content (AvgIpc) is 2.89. The van der Waals surface area contributed by atoms with Gasteiger partial charge in [-0.1, -0.05) is 30.3 Å². The number of primary amides is 1. The molecule has 1 aliphatic rings. The van der Waals surface area contributed by atoms with Crippen LogP contribution in [0.15, 0.2) is 59.5 Å². The van der Waals surface area contributed by atoms with E-state index in [1.807, 2.05) is 43.0 Å². The van der Waals surface area contributed by atoms with Crippen LogP contribution >= 0.6 is 11.8 Å². The van der Waals surface area contributed by atoms with Crippen LogP contribution in [0.1, 0.15) is 24.2 Å². The number of hydrogen-bond donors (Lipinski definition) is 1. The lowest BCUT2D eigenvalue weighted by Crippen LogP contribution is -2.36. The molecule has 194 valence electrons. The maximum atomic E-state index is 12.1. The number of sulfonamides is 1. The van der Waals surface area contributed by atoms with Gasteiger partial charge in [0.15, 0.2) is 0 Å². The zero-order chi connectivity index (χ0) is 27.0. The fraction of sp³-hybridized carbons (Fsp3) is 0.308. The minimum atomic E-state index is -3.34. The highest BCUT2D eigenvalue weighted by atomic mass is 32.2. The molecule has 0 spiro atoms. The summed E-state index contributed by atoms with van der Waals surface area (Å²) in [5, 5.41) is 9.66. The minimum absolute atomic E-state index is 0.250. The Kier molecular flexibility index (Phi) is 9.49. The molecule has 1 aromatic heterocycles. The summed E-state index contributed by atoms with van der Waals surface area (Å²) < 4.78 is 25.4. The van der Waals surface area contributed by atoms with E-state index in [0.717, 1.165) is 42.8 Å². The molecule has 0 bridgehead atoms. The lowest BCUT2D eigenvalue weighted by atomic mass is 10.0. The van der Waals surface area contributed by atoms with Crippen LogP contribution < -0.4 is 14.9 Å². The summed E-state index contributed by atoms with van der Waals surface area (Å²) in [5.41, 5.74) is 7.91. The third kappa shape index (κ3) is 7.44. The largest absolute Gasteiger partial charge is 0.372 e. The van der Waals surface area contributed by atoms with Crippen molar-refractivity contribution in [3.05, 3.63) is 66.0 Å². The Hall–Kier alpha value is -3.62. The van der Waals surface area contributed by atoms with Crippen molar-refractivity contribution in [2.75, 3.05) is 35.6 Å². The van der Waals surface area contributed by atoms with Gasteiger partial charge in [0.1, 0.15) is 11.8 Å². The number of anilines is 2. The Labute approximate surface area is 222 Å². The molecule has 37 heavy (non-hydrogen) atoms. The molecule has 9 nitrogen and oxygen atoms in total. The van der Waals surface area contributed by atoms with Crippen molar-refractivity contribution in [2.45, 2.75) is 29.9 Å². The molecular formula is C26H30N6O3S2. The van der Waals surface area contributed by atoms with Crippen LogP contribution in [-0.2, 0) is 14.8 Å². The van der Waals surface area contributed by atoms with E-state index in [-0.39, 0.29) is 6.41 Å². The Bertz CT molecular complexity index is 1370. The monoisotopic (exact) mass is 538 g/mol. The molecular weight excluding hydrogens is 508 g/mol. The van der Waals surface area contributed by atoms with E-state index in [1.54, 1.807) is 13.1 Å². The molecule has 3 aromatic rings. The Morgan fingerprint density at radius 3 is 2.35 bits per heavy atom. The highest BCUT2D eigenvalue weighted by molar-refractivity contribution is 8.00. The van der Waals surface area contributed by atoms with Crippen LogP contribution in [0.25, 0.3) is 11.1 Å². The van der Waals surface area contributed by atoms with E-state index in [1.165, 1.54) is 15.5 Å². The second kappa shape index (κ2) is 12.6. The summed E-state index contributed by atoms with van der Waals surface area (Å²) >= 11 is 1.87. The van der Waals surface area contributed by atoms with Gasteiger partial charge < -0.3 is 10.6 Å². The number of aryl methyl sites for hydroxylation is 1. The summed E-state index contributed by atoms with van der Waals surface area (Å²) in [4.78, 5) is 20.8. The Morgan fingerprint density at radius 2 is 1.76 bits per heavy atom. The summed E-state index contributed by atoms with van der Waals surface area (Å²) in [6.45, 7) is 3.60. The molecule has 1 amide bonds. The van der Waals surface area contributed by atoms with Crippen molar-refractivity contribution in [1.82, 2.24) is 9.97 Å². The number of carbonyl (C=O) groups excluding carboxylic acids is 1. The average molecular weight is 539 g/mol. The number of rotatable bonds is 6. The molecule has 0 saturated carbocycles. The van der Waals surface area contributed by atoms with Gasteiger partial charge in [0.05, 0.1) is 11.9 Å². The number of para-hydroxylation sites is 1. The van der Waals surface area contributed by atoms with Gasteiger partial charge >= 0.3 is 0 Å². The standard InChI is InChI=1S/C25H27N5O2S2.CH3NO/c1-18-16-20(17-26)28-25(27-18)30-14-12-22(13-15-30)33-21-10-8-19(9-11-21)23-6-4-5-7-24(23)29(2)34(3,31)32;2-1-3/h4-11,16,22H,12-15H2,1-3H3;1H,(H2,2,3). The molecule has 1 saturated heterocycles. The lowest BCUT2D eigenvalue weighted by molar-refractivity contribution is -0.106. The van der Waals surface area contributed by atoms with Gasteiger partial charge in [-0.15, -0.1) is 11.8 Å². The first-order chi connectivity index (χ1) is 17.7. The van der Waals surface area contributed by atoms with E-state index < -0.39 is 10.0 Å². The Balaban J connectivity index is 0.00000121. The van der Waals surface area contributed by atoms with Crippen molar-refractivity contribution in [2.24, 2.45) is 5.73 Å². The van der Waals surface area contributed by atoms with Crippen molar-refractivity contribution in [3.8, 4) is 17.2 Å². The molecule has 0 aliphatic carbocycles. The number of nitriles is 1. The molecule has 2 N–H and O–H groups in total. The number of carbonyl (C=O) groups is 1. The molecule has 2 heterocycles. The SMILES string of the molecule is Cc1cc(C#N)nc(N2CCC(Sc3ccc(-c4ccccc4N(C)S(C)(=O)=O)cc3)CC2)n1.NC=O. The fourth-order valence-corrected chi connectivity index (χ4v) is 5.64. The molecule has 11 heteroatoms. The van der Waals surface area contributed by atoms with Crippen LogP contribution in [0.3, 0.4) is 0 Å². The quantitative estimate of drug-likeness (QED) is 0.471. The zero-order valence-electron chi connectivity index (χ0n) is 21.0. The van der Waals surface area contributed by atoms with Crippen LogP contribution in [0, 0.1) is 18.3 Å². The van der Waals surface area contributed by atoms with E-state index in [2.05, 4.69) is 50.9 Å². The van der Waals surface area contributed by atoms with Crippen molar-refractivity contribution >= 4 is 39.8 Å². The van der Waals surface area contributed by atoms with Gasteiger partial charge in [-0.05, 0) is 49.6 Å². The summed E-state index contributed by atoms with van der Waals surface area (Å²) in [5.74, 6) is 0.641. The first-order valence-corrected chi connectivity index (χ1v) is 14.3. The first-order valence-electron chi connectivity index (χ1n) is 11.6. The molecule has 1 aliphatic heterocycles. The molecule has 0 radical (unpaired) electrons. The first kappa shape index (κ1) is 28.0. The highest BCUT2D eigenvalue weighted by Gasteiger charge is 2.23. The van der Waals surface area contributed by atoms with Gasteiger partial charge in [0.2, 0.25) is 22.4 Å². The van der Waals surface area contributed by atoms with Crippen LogP contribution in [-0.4, -0.2) is 56.4 Å². The van der Waals surface area contributed by atoms with Gasteiger partial charge in [0.25, 0.3) is 0 Å². The van der Waals surface area contributed by atoms with Gasteiger partial charge in [0, 0.05) is 41.5 Å². The molecule has 4 rings (SSSR count). The van der Waals surface area contributed by atoms with Crippen molar-refractivity contribution < 1.29 is 13.2 Å². The maximum absolute atomic E-state index is 12.1. The number of benzene rings is 2. The fourth-order valence-electron chi connectivity index (χ4n) is 4.00. The topological polar surface area (TPSA) is 133 Å². The summed E-state index contributed by atoms with van der Waals surface area (Å²) in [7, 11) is -1.77. The lowest BCUT2D eigenvalue weighted by Gasteiger charge is -2.31. The number of piperidine rings is 1. The van der Waals surface area contributed by atoms with Gasteiger partial charge in [-0.2, -0.15) is 5.26 Å². The highest BCUT2D eigenvalue weighted by Crippen LogP contribution is 2.35. The third-order valence-electron chi connectivity index (χ3n) is 5.89. The minimum Gasteiger partial charge on any atom is -0.372 e. The van der Waals surface area contributed by atoms with E-state index in [4.69, 9.17) is 10.1 Å². The second-order valence-corrected chi connectivity index (χ2v) is 11.9. The third-order valence-corrected chi connectivity index (χ3v) is 8.43. The van der Waals surface area contributed by atoms with Crippen LogP contribution in [0.2, 0.25) is 0 Å². The predicted molar refractivity (Wildman–Crippen MR) is 148 cm³/mol. The van der Waals surface area contributed by atoms with Gasteiger partial charge in [-0.25, -0.2) is 18.4 Å². The van der Waals surface area contributed by atoms with E-state index in [0.29, 0.717) is 22.6 Å². The molecule has 2 aromatic carbocycles. The number of aromatic nitrogens is 2. The Morgan fingerprint density at radius 1 is 1.14 bits per heavy atom. The van der Waals surface area contributed by atoms with E-state index >= 15 is 0 Å². The van der Waals surface area contributed by atoms with Crippen LogP contribution in [0.5, 0.6) is 0 Å².